The molecule has 0 saturated carbocycles. The van der Waals surface area contributed by atoms with Crippen LogP contribution in [0.3, 0.4) is 0 Å². The summed E-state index contributed by atoms with van der Waals surface area (Å²) in [5.41, 5.74) is 8.17. The van der Waals surface area contributed by atoms with Gasteiger partial charge in [-0.1, -0.05) is 12.1 Å². The zero-order valence-electron chi connectivity index (χ0n) is 14.4. The van der Waals surface area contributed by atoms with Crippen LogP contribution in [0.15, 0.2) is 36.8 Å². The molecule has 3 aromatic heterocycles. The maximum Gasteiger partial charge on any atom is 0.416 e. The second-order valence-corrected chi connectivity index (χ2v) is 6.04. The number of fused-ring (bicyclic) bond motifs is 1. The fourth-order valence-corrected chi connectivity index (χ4v) is 3.03. The number of nitrogen functional groups attached to an aromatic ring is 1. The number of halogens is 3. The molecule has 0 spiro atoms. The van der Waals surface area contributed by atoms with Crippen LogP contribution in [0.1, 0.15) is 11.4 Å². The number of anilines is 1. The highest BCUT2D eigenvalue weighted by Crippen LogP contribution is 2.36. The van der Waals surface area contributed by atoms with E-state index < -0.39 is 11.7 Å². The van der Waals surface area contributed by atoms with E-state index in [0.717, 1.165) is 12.1 Å². The molecule has 0 unspecified atom stereocenters. The Hall–Kier alpha value is -3.43. The average Bonchev–Trinajstić information content (AvgIpc) is 3.17. The lowest BCUT2D eigenvalue weighted by atomic mass is 10.0. The topological polar surface area (TPSA) is 86.9 Å². The quantitative estimate of drug-likeness (QED) is 0.583. The number of rotatable bonds is 2. The first-order chi connectivity index (χ1) is 12.8. The Bertz CT molecular complexity index is 1140. The molecule has 4 aromatic rings. The molecule has 0 bridgehead atoms. The number of aromatic nitrogens is 6. The Morgan fingerprint density at radius 1 is 1.11 bits per heavy atom. The van der Waals surface area contributed by atoms with Crippen LogP contribution in [0, 0.1) is 6.92 Å². The molecule has 1 aromatic carbocycles. The van der Waals surface area contributed by atoms with E-state index in [0.29, 0.717) is 33.9 Å². The maximum atomic E-state index is 12.8. The molecule has 0 atom stereocenters. The predicted molar refractivity (Wildman–Crippen MR) is 92.6 cm³/mol. The first-order valence-corrected chi connectivity index (χ1v) is 7.93. The number of aryl methyl sites for hydroxylation is 2. The van der Waals surface area contributed by atoms with Crippen molar-refractivity contribution in [1.82, 2.24) is 29.4 Å². The largest absolute Gasteiger partial charge is 0.416 e. The zero-order valence-corrected chi connectivity index (χ0v) is 14.4. The second kappa shape index (κ2) is 5.79. The molecule has 0 radical (unpaired) electrons. The molecule has 27 heavy (non-hydrogen) atoms. The summed E-state index contributed by atoms with van der Waals surface area (Å²) in [6.07, 6.45) is -1.29. The van der Waals surface area contributed by atoms with Crippen LogP contribution in [-0.2, 0) is 13.2 Å². The van der Waals surface area contributed by atoms with E-state index in [9.17, 15) is 13.2 Å². The highest BCUT2D eigenvalue weighted by molar-refractivity contribution is 5.90. The van der Waals surface area contributed by atoms with Gasteiger partial charge < -0.3 is 5.73 Å². The number of hydrogen-bond acceptors (Lipinski definition) is 5. The highest BCUT2D eigenvalue weighted by atomic mass is 19.4. The van der Waals surface area contributed by atoms with E-state index in [-0.39, 0.29) is 5.82 Å². The molecule has 0 aliphatic carbocycles. The zero-order chi connectivity index (χ0) is 19.3. The standard InChI is InChI=1S/C17H14F3N7/c1-9-24-16(21)15-13(22-8-27(15)25-9)12-7-23-26(2)14(12)10-3-5-11(6-4-10)17(18,19)20/h3-8H,1-2H3,(H2,21,24,25). The Morgan fingerprint density at radius 2 is 1.81 bits per heavy atom. The molecule has 4 rings (SSSR count). The van der Waals surface area contributed by atoms with Gasteiger partial charge in [0.2, 0.25) is 0 Å². The first-order valence-electron chi connectivity index (χ1n) is 7.93. The SMILES string of the molecule is Cc1nc(N)c2c(-c3cnn(C)c3-c3ccc(C(F)(F)F)cc3)ncn2n1. The molecule has 10 heteroatoms. The predicted octanol–water partition coefficient (Wildman–Crippen LogP) is 3.10. The van der Waals surface area contributed by atoms with E-state index >= 15 is 0 Å². The summed E-state index contributed by atoms with van der Waals surface area (Å²) < 4.78 is 41.6. The van der Waals surface area contributed by atoms with Crippen molar-refractivity contribution < 1.29 is 13.2 Å². The van der Waals surface area contributed by atoms with Crippen molar-refractivity contribution in [3.05, 3.63) is 48.2 Å². The van der Waals surface area contributed by atoms with Crippen LogP contribution in [-0.4, -0.2) is 29.4 Å². The summed E-state index contributed by atoms with van der Waals surface area (Å²) in [6, 6.07) is 4.90. The fourth-order valence-electron chi connectivity index (χ4n) is 3.03. The van der Waals surface area contributed by atoms with E-state index in [1.165, 1.54) is 23.0 Å². The molecule has 7 nitrogen and oxygen atoms in total. The van der Waals surface area contributed by atoms with E-state index in [4.69, 9.17) is 5.73 Å². The fraction of sp³-hybridized carbons (Fsp3) is 0.176. The molecule has 138 valence electrons. The molecule has 3 heterocycles. The summed E-state index contributed by atoms with van der Waals surface area (Å²) >= 11 is 0. The van der Waals surface area contributed by atoms with Gasteiger partial charge in [0.25, 0.3) is 0 Å². The Labute approximate surface area is 151 Å². The van der Waals surface area contributed by atoms with Gasteiger partial charge in [-0.2, -0.15) is 23.4 Å². The molecule has 0 aliphatic heterocycles. The van der Waals surface area contributed by atoms with Crippen molar-refractivity contribution >= 4 is 11.3 Å². The maximum absolute atomic E-state index is 12.8. The summed E-state index contributed by atoms with van der Waals surface area (Å²) in [5, 5.41) is 8.48. The summed E-state index contributed by atoms with van der Waals surface area (Å²) in [4.78, 5) is 8.53. The van der Waals surface area contributed by atoms with Crippen molar-refractivity contribution in [1.29, 1.82) is 0 Å². The smallest absolute Gasteiger partial charge is 0.382 e. The van der Waals surface area contributed by atoms with Crippen LogP contribution in [0.4, 0.5) is 19.0 Å². The van der Waals surface area contributed by atoms with E-state index in [1.54, 1.807) is 24.9 Å². The third-order valence-corrected chi connectivity index (χ3v) is 4.21. The van der Waals surface area contributed by atoms with Crippen molar-refractivity contribution in [2.24, 2.45) is 7.05 Å². The lowest BCUT2D eigenvalue weighted by Crippen LogP contribution is -2.04. The summed E-state index contributed by atoms with van der Waals surface area (Å²) in [7, 11) is 1.71. The number of hydrogen-bond donors (Lipinski definition) is 1. The number of nitrogens with two attached hydrogens (primary N) is 1. The molecular weight excluding hydrogens is 359 g/mol. The number of nitrogens with zero attached hydrogens (tertiary/aromatic N) is 6. The molecule has 0 aliphatic rings. The van der Waals surface area contributed by atoms with E-state index in [2.05, 4.69) is 20.2 Å². The highest BCUT2D eigenvalue weighted by Gasteiger charge is 2.30. The van der Waals surface area contributed by atoms with E-state index in [1.807, 2.05) is 0 Å². The van der Waals surface area contributed by atoms with Crippen molar-refractivity contribution in [2.45, 2.75) is 13.1 Å². The van der Waals surface area contributed by atoms with Gasteiger partial charge in [0.05, 0.1) is 17.5 Å². The van der Waals surface area contributed by atoms with Crippen LogP contribution in [0.2, 0.25) is 0 Å². The second-order valence-electron chi connectivity index (χ2n) is 6.04. The summed E-state index contributed by atoms with van der Waals surface area (Å²) in [5.74, 6) is 0.760. The Morgan fingerprint density at radius 3 is 2.48 bits per heavy atom. The van der Waals surface area contributed by atoms with Gasteiger partial charge in [0.15, 0.2) is 5.82 Å². The van der Waals surface area contributed by atoms with Crippen LogP contribution in [0.5, 0.6) is 0 Å². The lowest BCUT2D eigenvalue weighted by Gasteiger charge is -2.09. The Kier molecular flexibility index (Phi) is 3.65. The molecule has 0 amide bonds. The minimum atomic E-state index is -4.39. The monoisotopic (exact) mass is 373 g/mol. The average molecular weight is 373 g/mol. The first kappa shape index (κ1) is 17.0. The number of imidazole rings is 1. The van der Waals surface area contributed by atoms with Crippen LogP contribution >= 0.6 is 0 Å². The van der Waals surface area contributed by atoms with Crippen LogP contribution < -0.4 is 5.73 Å². The Balaban J connectivity index is 1.89. The molecule has 0 saturated heterocycles. The van der Waals surface area contributed by atoms with Gasteiger partial charge in [-0.3, -0.25) is 4.68 Å². The van der Waals surface area contributed by atoms with Gasteiger partial charge in [0.1, 0.15) is 23.4 Å². The van der Waals surface area contributed by atoms with Crippen molar-refractivity contribution in [2.75, 3.05) is 5.73 Å². The minimum Gasteiger partial charge on any atom is -0.382 e. The molecule has 0 fully saturated rings. The lowest BCUT2D eigenvalue weighted by molar-refractivity contribution is -0.137. The van der Waals surface area contributed by atoms with Crippen LogP contribution in [0.25, 0.3) is 28.0 Å². The van der Waals surface area contributed by atoms with Gasteiger partial charge in [0, 0.05) is 18.2 Å². The normalized spacial score (nSPS) is 12.0. The van der Waals surface area contributed by atoms with Gasteiger partial charge in [-0.05, 0) is 19.1 Å². The third kappa shape index (κ3) is 2.78. The van der Waals surface area contributed by atoms with Gasteiger partial charge >= 0.3 is 6.18 Å². The third-order valence-electron chi connectivity index (χ3n) is 4.21. The molecule has 2 N–H and O–H groups in total. The molecular formula is C17H14F3N7. The van der Waals surface area contributed by atoms with Crippen molar-refractivity contribution in [3.8, 4) is 22.5 Å². The summed E-state index contributed by atoms with van der Waals surface area (Å²) in [6.45, 7) is 1.72. The minimum absolute atomic E-state index is 0.261. The number of benzene rings is 1. The van der Waals surface area contributed by atoms with Gasteiger partial charge in [-0.25, -0.2) is 14.5 Å². The van der Waals surface area contributed by atoms with Crippen molar-refractivity contribution in [3.63, 3.8) is 0 Å². The number of alkyl halides is 3. The van der Waals surface area contributed by atoms with Gasteiger partial charge in [-0.15, -0.1) is 0 Å².